The lowest BCUT2D eigenvalue weighted by Crippen LogP contribution is -2.37. The van der Waals surface area contributed by atoms with Crippen LogP contribution in [-0.2, 0) is 18.3 Å². The Kier molecular flexibility index (Phi) is 5.91. The van der Waals surface area contributed by atoms with Gasteiger partial charge in [-0.1, -0.05) is 30.7 Å². The highest BCUT2D eigenvalue weighted by molar-refractivity contribution is 6.31. The van der Waals surface area contributed by atoms with Crippen LogP contribution in [0.25, 0.3) is 0 Å². The van der Waals surface area contributed by atoms with Crippen LogP contribution in [0.15, 0.2) is 36.5 Å². The Balaban J connectivity index is 2.19. The summed E-state index contributed by atoms with van der Waals surface area (Å²) in [5, 5.41) is 2.29. The highest BCUT2D eigenvalue weighted by atomic mass is 35.5. The molecule has 8 heteroatoms. The Bertz CT molecular complexity index is 806. The van der Waals surface area contributed by atoms with Crippen LogP contribution < -0.4 is 5.32 Å². The molecule has 3 nitrogen and oxygen atoms in total. The molecule has 0 aliphatic rings. The standard InChI is InChI=1S/C18H17ClF4N2O/c1-3-11-8-14(19)15(24-9-11)17(2,20)10-25-16(26)12-6-4-5-7-13(12)18(21,22)23/h4-9H,3,10H2,1-2H3,(H,25,26). The van der Waals surface area contributed by atoms with E-state index in [1.165, 1.54) is 18.3 Å². The third-order valence-electron chi connectivity index (χ3n) is 3.86. The van der Waals surface area contributed by atoms with E-state index in [1.807, 2.05) is 6.92 Å². The van der Waals surface area contributed by atoms with Crippen LogP contribution in [0, 0.1) is 0 Å². The van der Waals surface area contributed by atoms with Crippen LogP contribution in [0.4, 0.5) is 17.6 Å². The smallest absolute Gasteiger partial charge is 0.348 e. The number of amides is 1. The number of carbonyl (C=O) groups excluding carboxylic acids is 1. The molecule has 1 unspecified atom stereocenters. The monoisotopic (exact) mass is 388 g/mol. The molecule has 0 aliphatic carbocycles. The molecule has 0 aliphatic heterocycles. The van der Waals surface area contributed by atoms with E-state index in [1.54, 1.807) is 6.07 Å². The first-order chi connectivity index (χ1) is 12.1. The van der Waals surface area contributed by atoms with Gasteiger partial charge in [-0.3, -0.25) is 9.78 Å². The van der Waals surface area contributed by atoms with Crippen LogP contribution in [0.2, 0.25) is 5.02 Å². The quantitative estimate of drug-likeness (QED) is 0.738. The van der Waals surface area contributed by atoms with Gasteiger partial charge in [0.15, 0.2) is 5.67 Å². The summed E-state index contributed by atoms with van der Waals surface area (Å²) in [7, 11) is 0. The maximum absolute atomic E-state index is 14.9. The van der Waals surface area contributed by atoms with E-state index >= 15 is 0 Å². The molecule has 1 heterocycles. The maximum Gasteiger partial charge on any atom is 0.417 e. The summed E-state index contributed by atoms with van der Waals surface area (Å²) in [6, 6.07) is 5.89. The van der Waals surface area contributed by atoms with Crippen molar-refractivity contribution in [3.8, 4) is 0 Å². The van der Waals surface area contributed by atoms with Crippen molar-refractivity contribution in [1.82, 2.24) is 10.3 Å². The molecule has 0 fully saturated rings. The Morgan fingerprint density at radius 2 is 1.88 bits per heavy atom. The largest absolute Gasteiger partial charge is 0.417 e. The lowest BCUT2D eigenvalue weighted by atomic mass is 10.0. The summed E-state index contributed by atoms with van der Waals surface area (Å²) in [5.41, 5.74) is -3.07. The Morgan fingerprint density at radius 1 is 1.23 bits per heavy atom. The molecular formula is C18H17ClF4N2O. The minimum Gasteiger partial charge on any atom is -0.348 e. The maximum atomic E-state index is 14.9. The van der Waals surface area contributed by atoms with E-state index in [2.05, 4.69) is 10.3 Å². The Hall–Kier alpha value is -2.15. The summed E-state index contributed by atoms with van der Waals surface area (Å²) < 4.78 is 53.9. The molecule has 1 atom stereocenters. The molecule has 1 aromatic heterocycles. The second kappa shape index (κ2) is 7.61. The third kappa shape index (κ3) is 4.52. The van der Waals surface area contributed by atoms with Crippen molar-refractivity contribution in [1.29, 1.82) is 0 Å². The van der Waals surface area contributed by atoms with Crippen LogP contribution in [0.1, 0.15) is 41.0 Å². The number of nitrogens with one attached hydrogen (secondary N) is 1. The zero-order chi connectivity index (χ0) is 19.5. The minimum atomic E-state index is -4.69. The van der Waals surface area contributed by atoms with Gasteiger partial charge < -0.3 is 5.32 Å². The molecule has 2 rings (SSSR count). The number of aromatic nitrogens is 1. The molecule has 0 radical (unpaired) electrons. The second-order valence-electron chi connectivity index (χ2n) is 5.95. The molecule has 1 N–H and O–H groups in total. The molecule has 0 saturated carbocycles. The summed E-state index contributed by atoms with van der Waals surface area (Å²) in [6.07, 6.45) is -2.55. The fraction of sp³-hybridized carbons (Fsp3) is 0.333. The lowest BCUT2D eigenvalue weighted by Gasteiger charge is -2.22. The molecule has 0 saturated heterocycles. The van der Waals surface area contributed by atoms with E-state index in [9.17, 15) is 22.4 Å². The molecule has 2 aromatic rings. The van der Waals surface area contributed by atoms with Crippen LogP contribution >= 0.6 is 11.6 Å². The molecular weight excluding hydrogens is 372 g/mol. The van der Waals surface area contributed by atoms with Gasteiger partial charge in [-0.05, 0) is 37.1 Å². The molecule has 140 valence electrons. The highest BCUT2D eigenvalue weighted by Gasteiger charge is 2.36. The SMILES string of the molecule is CCc1cnc(C(C)(F)CNC(=O)c2ccccc2C(F)(F)F)c(Cl)c1. The Labute approximate surface area is 153 Å². The normalized spacial score (nSPS) is 14.0. The molecule has 0 spiro atoms. The van der Waals surface area contributed by atoms with Gasteiger partial charge in [0.1, 0.15) is 0 Å². The summed E-state index contributed by atoms with van der Waals surface area (Å²) in [4.78, 5) is 16.1. The number of alkyl halides is 4. The predicted molar refractivity (Wildman–Crippen MR) is 90.9 cm³/mol. The fourth-order valence-corrected chi connectivity index (χ4v) is 2.79. The van der Waals surface area contributed by atoms with E-state index < -0.39 is 35.4 Å². The molecule has 1 aromatic carbocycles. The van der Waals surface area contributed by atoms with Gasteiger partial charge in [-0.15, -0.1) is 0 Å². The first-order valence-electron chi connectivity index (χ1n) is 7.84. The number of nitrogens with zero attached hydrogens (tertiary/aromatic N) is 1. The van der Waals surface area contributed by atoms with Crippen LogP contribution in [0.5, 0.6) is 0 Å². The number of rotatable bonds is 5. The number of carbonyl (C=O) groups is 1. The average molecular weight is 389 g/mol. The van der Waals surface area contributed by atoms with Crippen molar-refractivity contribution in [2.45, 2.75) is 32.1 Å². The fourth-order valence-electron chi connectivity index (χ4n) is 2.41. The van der Waals surface area contributed by atoms with Crippen molar-refractivity contribution >= 4 is 17.5 Å². The number of benzene rings is 1. The van der Waals surface area contributed by atoms with Gasteiger partial charge >= 0.3 is 6.18 Å². The van der Waals surface area contributed by atoms with Crippen molar-refractivity contribution in [2.75, 3.05) is 6.54 Å². The lowest BCUT2D eigenvalue weighted by molar-refractivity contribution is -0.137. The predicted octanol–water partition coefficient (Wildman–Crippen LogP) is 4.93. The van der Waals surface area contributed by atoms with E-state index in [4.69, 9.17) is 11.6 Å². The van der Waals surface area contributed by atoms with E-state index in [0.29, 0.717) is 6.42 Å². The topological polar surface area (TPSA) is 42.0 Å². The number of hydrogen-bond acceptors (Lipinski definition) is 2. The average Bonchev–Trinajstić information content (AvgIpc) is 2.58. The molecule has 0 bridgehead atoms. The minimum absolute atomic E-state index is 0.0826. The van der Waals surface area contributed by atoms with Gasteiger partial charge in [0.25, 0.3) is 5.91 Å². The first kappa shape index (κ1) is 20.2. The number of pyridine rings is 1. The van der Waals surface area contributed by atoms with Crippen molar-refractivity contribution in [3.05, 3.63) is 63.9 Å². The van der Waals surface area contributed by atoms with Crippen molar-refractivity contribution in [2.24, 2.45) is 0 Å². The molecule has 1 amide bonds. The number of hydrogen-bond donors (Lipinski definition) is 1. The van der Waals surface area contributed by atoms with E-state index in [0.717, 1.165) is 24.6 Å². The van der Waals surface area contributed by atoms with Crippen molar-refractivity contribution in [3.63, 3.8) is 0 Å². The zero-order valence-electron chi connectivity index (χ0n) is 14.1. The highest BCUT2D eigenvalue weighted by Crippen LogP contribution is 2.33. The van der Waals surface area contributed by atoms with Crippen molar-refractivity contribution < 1.29 is 22.4 Å². The number of halogens is 5. The summed E-state index contributed by atoms with van der Waals surface area (Å²) in [6.45, 7) is 2.47. The van der Waals surface area contributed by atoms with Gasteiger partial charge in [0, 0.05) is 6.20 Å². The van der Waals surface area contributed by atoms with Gasteiger partial charge in [0.2, 0.25) is 0 Å². The van der Waals surface area contributed by atoms with E-state index in [-0.39, 0.29) is 10.7 Å². The van der Waals surface area contributed by atoms with Gasteiger partial charge in [-0.25, -0.2) is 4.39 Å². The van der Waals surface area contributed by atoms with Gasteiger partial charge in [0.05, 0.1) is 28.4 Å². The summed E-state index contributed by atoms with van der Waals surface area (Å²) >= 11 is 6.05. The van der Waals surface area contributed by atoms with Gasteiger partial charge in [-0.2, -0.15) is 13.2 Å². The van der Waals surface area contributed by atoms with Crippen LogP contribution in [-0.4, -0.2) is 17.4 Å². The third-order valence-corrected chi connectivity index (χ3v) is 4.15. The zero-order valence-corrected chi connectivity index (χ0v) is 14.9. The Morgan fingerprint density at radius 3 is 2.46 bits per heavy atom. The first-order valence-corrected chi connectivity index (χ1v) is 8.22. The van der Waals surface area contributed by atoms with Crippen LogP contribution in [0.3, 0.4) is 0 Å². The number of aryl methyl sites for hydroxylation is 1. The second-order valence-corrected chi connectivity index (χ2v) is 6.36. The summed E-state index contributed by atoms with van der Waals surface area (Å²) in [5.74, 6) is -1.02. The molecule has 26 heavy (non-hydrogen) atoms.